The average molecular weight is 278 g/mol. The van der Waals surface area contributed by atoms with Gasteiger partial charge in [-0.2, -0.15) is 0 Å². The van der Waals surface area contributed by atoms with Crippen LogP contribution in [0.25, 0.3) is 0 Å². The number of carbonyl (C=O) groups excluding carboxylic acids is 1. The fourth-order valence-electron chi connectivity index (χ4n) is 3.56. The zero-order valence-electron chi connectivity index (χ0n) is 11.5. The molecule has 0 spiro atoms. The molecule has 2 saturated heterocycles. The minimum absolute atomic E-state index is 0.0439. The van der Waals surface area contributed by atoms with E-state index in [2.05, 4.69) is 0 Å². The van der Waals surface area contributed by atoms with E-state index < -0.39 is 5.82 Å². The van der Waals surface area contributed by atoms with Crippen LogP contribution in [0.2, 0.25) is 0 Å². The Bertz CT molecular complexity index is 521. The maximum absolute atomic E-state index is 14.0. The second-order valence-electron chi connectivity index (χ2n) is 5.65. The number of hydrogen-bond acceptors (Lipinski definition) is 3. The summed E-state index contributed by atoms with van der Waals surface area (Å²) < 4.78 is 19.2. The predicted molar refractivity (Wildman–Crippen MR) is 73.1 cm³/mol. The lowest BCUT2D eigenvalue weighted by atomic mass is 9.97. The molecule has 2 fully saturated rings. The summed E-state index contributed by atoms with van der Waals surface area (Å²) in [5.41, 5.74) is 6.05. The summed E-state index contributed by atoms with van der Waals surface area (Å²) in [6.45, 7) is 0. The van der Waals surface area contributed by atoms with Crippen LogP contribution in [0.3, 0.4) is 0 Å². The van der Waals surface area contributed by atoms with Gasteiger partial charge in [-0.25, -0.2) is 4.39 Å². The molecule has 0 saturated carbocycles. The van der Waals surface area contributed by atoms with Crippen molar-refractivity contribution in [2.75, 3.05) is 7.11 Å². The van der Waals surface area contributed by atoms with Gasteiger partial charge in [0.05, 0.1) is 7.11 Å². The summed E-state index contributed by atoms with van der Waals surface area (Å²) in [6, 6.07) is 4.90. The van der Waals surface area contributed by atoms with Gasteiger partial charge in [0.1, 0.15) is 17.1 Å². The molecule has 4 nitrogen and oxygen atoms in total. The summed E-state index contributed by atoms with van der Waals surface area (Å²) in [4.78, 5) is 14.6. The minimum atomic E-state index is -0.524. The van der Waals surface area contributed by atoms with Gasteiger partial charge in [-0.15, -0.1) is 0 Å². The molecule has 2 aliphatic heterocycles. The maximum atomic E-state index is 14.0. The normalized spacial score (nSPS) is 28.6. The number of benzene rings is 1. The van der Waals surface area contributed by atoms with E-state index in [1.54, 1.807) is 12.1 Å². The third-order valence-corrected chi connectivity index (χ3v) is 4.41. The standard InChI is InChI=1S/C15H19FN2O2/c1-20-13-4-2-3-12(16)14(13)15(19)18-10-5-6-11(18)8-9(17)7-10/h2-4,9-11H,5-8,17H2,1H3. The van der Waals surface area contributed by atoms with Crippen molar-refractivity contribution >= 4 is 5.91 Å². The number of halogens is 1. The first kappa shape index (κ1) is 13.4. The highest BCUT2D eigenvalue weighted by atomic mass is 19.1. The Morgan fingerprint density at radius 1 is 1.35 bits per heavy atom. The van der Waals surface area contributed by atoms with Crippen LogP contribution >= 0.6 is 0 Å². The molecular formula is C15H19FN2O2. The Balaban J connectivity index is 1.94. The van der Waals surface area contributed by atoms with Crippen LogP contribution in [0.5, 0.6) is 5.75 Å². The van der Waals surface area contributed by atoms with Gasteiger partial charge in [0.15, 0.2) is 0 Å². The van der Waals surface area contributed by atoms with E-state index in [4.69, 9.17) is 10.5 Å². The Labute approximate surface area is 117 Å². The molecule has 1 aromatic rings. The number of ether oxygens (including phenoxy) is 1. The Kier molecular flexibility index (Phi) is 3.38. The van der Waals surface area contributed by atoms with Gasteiger partial charge in [0, 0.05) is 18.1 Å². The molecule has 0 aliphatic carbocycles. The second kappa shape index (κ2) is 5.05. The average Bonchev–Trinajstić information content (AvgIpc) is 2.70. The van der Waals surface area contributed by atoms with E-state index >= 15 is 0 Å². The molecule has 108 valence electrons. The summed E-state index contributed by atoms with van der Waals surface area (Å²) in [6.07, 6.45) is 3.53. The number of carbonyl (C=O) groups is 1. The molecule has 2 aliphatic rings. The van der Waals surface area contributed by atoms with Crippen molar-refractivity contribution < 1.29 is 13.9 Å². The van der Waals surface area contributed by atoms with Crippen LogP contribution in [0.4, 0.5) is 4.39 Å². The van der Waals surface area contributed by atoms with Gasteiger partial charge < -0.3 is 15.4 Å². The van der Waals surface area contributed by atoms with Crippen LogP contribution in [0, 0.1) is 5.82 Å². The lowest BCUT2D eigenvalue weighted by Crippen LogP contribution is -2.50. The van der Waals surface area contributed by atoms with E-state index in [0.717, 1.165) is 25.7 Å². The Morgan fingerprint density at radius 2 is 2.00 bits per heavy atom. The molecule has 3 rings (SSSR count). The highest BCUT2D eigenvalue weighted by molar-refractivity contribution is 5.97. The number of piperidine rings is 1. The van der Waals surface area contributed by atoms with E-state index in [0.29, 0.717) is 5.75 Å². The van der Waals surface area contributed by atoms with E-state index in [1.807, 2.05) is 4.90 Å². The molecule has 2 atom stereocenters. The molecule has 2 unspecified atom stereocenters. The number of methoxy groups -OCH3 is 1. The van der Waals surface area contributed by atoms with Crippen LogP contribution < -0.4 is 10.5 Å². The van der Waals surface area contributed by atoms with E-state index in [-0.39, 0.29) is 29.6 Å². The topological polar surface area (TPSA) is 55.6 Å². The highest BCUT2D eigenvalue weighted by Crippen LogP contribution is 2.37. The number of amides is 1. The molecule has 20 heavy (non-hydrogen) atoms. The summed E-state index contributed by atoms with van der Waals surface area (Å²) in [5, 5.41) is 0. The van der Waals surface area contributed by atoms with E-state index in [1.165, 1.54) is 13.2 Å². The molecular weight excluding hydrogens is 259 g/mol. The molecule has 0 aromatic heterocycles. The predicted octanol–water partition coefficient (Wildman–Crippen LogP) is 1.93. The summed E-state index contributed by atoms with van der Waals surface area (Å²) >= 11 is 0. The fourth-order valence-corrected chi connectivity index (χ4v) is 3.56. The van der Waals surface area contributed by atoms with Crippen molar-refractivity contribution in [3.05, 3.63) is 29.6 Å². The monoisotopic (exact) mass is 278 g/mol. The van der Waals surface area contributed by atoms with Crippen LogP contribution in [-0.4, -0.2) is 36.0 Å². The van der Waals surface area contributed by atoms with Crippen molar-refractivity contribution in [2.45, 2.75) is 43.8 Å². The first-order valence-electron chi connectivity index (χ1n) is 7.02. The third-order valence-electron chi connectivity index (χ3n) is 4.41. The van der Waals surface area contributed by atoms with Gasteiger partial charge in [-0.3, -0.25) is 4.79 Å². The lowest BCUT2D eigenvalue weighted by molar-refractivity contribution is 0.0567. The molecule has 2 N–H and O–H groups in total. The molecule has 5 heteroatoms. The first-order chi connectivity index (χ1) is 9.61. The van der Waals surface area contributed by atoms with Crippen molar-refractivity contribution in [2.24, 2.45) is 5.73 Å². The zero-order chi connectivity index (χ0) is 14.3. The van der Waals surface area contributed by atoms with Gasteiger partial charge >= 0.3 is 0 Å². The van der Waals surface area contributed by atoms with Crippen LogP contribution in [0.1, 0.15) is 36.0 Å². The van der Waals surface area contributed by atoms with Crippen molar-refractivity contribution in [1.82, 2.24) is 4.90 Å². The molecule has 2 heterocycles. The lowest BCUT2D eigenvalue weighted by Gasteiger charge is -2.38. The molecule has 1 amide bonds. The second-order valence-corrected chi connectivity index (χ2v) is 5.65. The molecule has 1 aromatic carbocycles. The molecule has 2 bridgehead atoms. The van der Waals surface area contributed by atoms with Gasteiger partial charge in [-0.05, 0) is 37.8 Å². The van der Waals surface area contributed by atoms with Crippen molar-refractivity contribution in [1.29, 1.82) is 0 Å². The van der Waals surface area contributed by atoms with Gasteiger partial charge in [0.25, 0.3) is 5.91 Å². The van der Waals surface area contributed by atoms with Crippen LogP contribution in [0.15, 0.2) is 18.2 Å². The summed E-state index contributed by atoms with van der Waals surface area (Å²) in [7, 11) is 1.45. The maximum Gasteiger partial charge on any atom is 0.261 e. The quantitative estimate of drug-likeness (QED) is 0.899. The van der Waals surface area contributed by atoms with Gasteiger partial charge in [-0.1, -0.05) is 6.07 Å². The van der Waals surface area contributed by atoms with Crippen molar-refractivity contribution in [3.63, 3.8) is 0 Å². The van der Waals surface area contributed by atoms with Crippen molar-refractivity contribution in [3.8, 4) is 5.75 Å². The number of fused-ring (bicyclic) bond motifs is 2. The number of hydrogen-bond donors (Lipinski definition) is 1. The minimum Gasteiger partial charge on any atom is -0.496 e. The Morgan fingerprint density at radius 3 is 2.60 bits per heavy atom. The molecule has 0 radical (unpaired) electrons. The number of rotatable bonds is 2. The fraction of sp³-hybridized carbons (Fsp3) is 0.533. The van der Waals surface area contributed by atoms with Crippen LogP contribution in [-0.2, 0) is 0 Å². The highest BCUT2D eigenvalue weighted by Gasteiger charge is 2.43. The summed E-state index contributed by atoms with van der Waals surface area (Å²) in [5.74, 6) is -0.493. The largest absolute Gasteiger partial charge is 0.496 e. The first-order valence-corrected chi connectivity index (χ1v) is 7.02. The Hall–Kier alpha value is -1.62. The SMILES string of the molecule is COc1cccc(F)c1C(=O)N1C2CCC1CC(N)C2. The van der Waals surface area contributed by atoms with E-state index in [9.17, 15) is 9.18 Å². The number of nitrogens with zero attached hydrogens (tertiary/aromatic N) is 1. The van der Waals surface area contributed by atoms with Gasteiger partial charge in [0.2, 0.25) is 0 Å². The third kappa shape index (κ3) is 2.06. The smallest absolute Gasteiger partial charge is 0.261 e. The number of nitrogens with two attached hydrogens (primary N) is 1. The zero-order valence-corrected chi connectivity index (χ0v) is 11.5.